The first-order valence-corrected chi connectivity index (χ1v) is 8.80. The number of nitrogens with one attached hydrogen (secondary N) is 2. The van der Waals surface area contributed by atoms with Gasteiger partial charge in [0, 0.05) is 11.8 Å². The zero-order valence-corrected chi connectivity index (χ0v) is 14.9. The molecule has 2 N–H and O–H groups in total. The van der Waals surface area contributed by atoms with Crippen molar-refractivity contribution in [2.24, 2.45) is 0 Å². The van der Waals surface area contributed by atoms with Crippen molar-refractivity contribution >= 4 is 5.91 Å². The summed E-state index contributed by atoms with van der Waals surface area (Å²) in [5, 5.41) is 2.68. The third-order valence-electron chi connectivity index (χ3n) is 4.24. The second kappa shape index (κ2) is 7.87. The predicted molar refractivity (Wildman–Crippen MR) is 103 cm³/mol. The second-order valence-electron chi connectivity index (χ2n) is 6.10. The van der Waals surface area contributed by atoms with E-state index in [0.717, 1.165) is 5.56 Å². The summed E-state index contributed by atoms with van der Waals surface area (Å²) >= 11 is 0. The van der Waals surface area contributed by atoms with E-state index in [1.165, 1.54) is 6.07 Å². The number of ether oxygens (including phenoxy) is 3. The highest BCUT2D eigenvalue weighted by Crippen LogP contribution is 2.34. The van der Waals surface area contributed by atoms with Gasteiger partial charge in [-0.2, -0.15) is 0 Å². The van der Waals surface area contributed by atoms with Crippen molar-refractivity contribution in [3.63, 3.8) is 0 Å². The van der Waals surface area contributed by atoms with Crippen LogP contribution in [0.5, 0.6) is 17.2 Å². The Bertz CT molecular complexity index is 1050. The fourth-order valence-corrected chi connectivity index (χ4v) is 2.83. The first kappa shape index (κ1) is 17.7. The molecule has 0 atom stereocenters. The Kier molecular flexibility index (Phi) is 4.97. The van der Waals surface area contributed by atoms with Crippen LogP contribution in [0.25, 0.3) is 11.3 Å². The van der Waals surface area contributed by atoms with E-state index in [-0.39, 0.29) is 25.5 Å². The number of aromatic amines is 1. The van der Waals surface area contributed by atoms with Gasteiger partial charge in [-0.1, -0.05) is 30.3 Å². The Morgan fingerprint density at radius 3 is 2.68 bits per heavy atom. The van der Waals surface area contributed by atoms with Gasteiger partial charge in [-0.05, 0) is 29.8 Å². The number of hydrogen-bond acceptors (Lipinski definition) is 5. The summed E-state index contributed by atoms with van der Waals surface area (Å²) in [6.45, 7) is 0.713. The van der Waals surface area contributed by atoms with Crippen LogP contribution in [-0.2, 0) is 0 Å². The highest BCUT2D eigenvalue weighted by molar-refractivity contribution is 5.94. The molecule has 0 unspecified atom stereocenters. The predicted octanol–water partition coefficient (Wildman–Crippen LogP) is 2.58. The number of benzene rings is 2. The Labute approximate surface area is 160 Å². The lowest BCUT2D eigenvalue weighted by Crippen LogP contribution is -2.32. The third kappa shape index (κ3) is 3.83. The molecule has 7 nitrogen and oxygen atoms in total. The molecule has 3 aromatic rings. The van der Waals surface area contributed by atoms with Gasteiger partial charge in [0.05, 0.1) is 6.54 Å². The Balaban J connectivity index is 1.32. The summed E-state index contributed by atoms with van der Waals surface area (Å²) in [5.41, 5.74) is 1.16. The molecule has 0 radical (unpaired) electrons. The van der Waals surface area contributed by atoms with Crippen molar-refractivity contribution in [1.29, 1.82) is 0 Å². The highest BCUT2D eigenvalue weighted by atomic mass is 16.7. The van der Waals surface area contributed by atoms with E-state index in [0.29, 0.717) is 22.9 Å². The van der Waals surface area contributed by atoms with Gasteiger partial charge in [-0.3, -0.25) is 9.59 Å². The minimum Gasteiger partial charge on any atom is -0.492 e. The molecule has 0 aliphatic carbocycles. The van der Waals surface area contributed by atoms with Crippen LogP contribution in [0.15, 0.2) is 65.5 Å². The maximum atomic E-state index is 12.3. The Hall–Kier alpha value is -3.74. The zero-order chi connectivity index (χ0) is 19.3. The topological polar surface area (TPSA) is 89.7 Å². The molecule has 142 valence electrons. The van der Waals surface area contributed by atoms with Gasteiger partial charge >= 0.3 is 0 Å². The molecule has 2 aromatic carbocycles. The maximum absolute atomic E-state index is 12.3. The standard InChI is InChI=1S/C21H18N2O5/c24-20(16-7-8-17(23-21(16)25)14-4-2-1-3-5-14)22-10-11-26-15-6-9-18-19(12-15)28-13-27-18/h1-9,12H,10-11,13H2,(H,22,24)(H,23,25). The third-order valence-corrected chi connectivity index (χ3v) is 4.24. The minimum atomic E-state index is -0.449. The molecular formula is C21H18N2O5. The van der Waals surface area contributed by atoms with Crippen LogP contribution in [-0.4, -0.2) is 30.8 Å². The van der Waals surface area contributed by atoms with E-state index in [2.05, 4.69) is 10.3 Å². The van der Waals surface area contributed by atoms with Gasteiger partial charge in [-0.15, -0.1) is 0 Å². The van der Waals surface area contributed by atoms with Gasteiger partial charge in [0.2, 0.25) is 6.79 Å². The molecule has 1 aromatic heterocycles. The van der Waals surface area contributed by atoms with Crippen molar-refractivity contribution < 1.29 is 19.0 Å². The summed E-state index contributed by atoms with van der Waals surface area (Å²) < 4.78 is 16.1. The number of amides is 1. The zero-order valence-electron chi connectivity index (χ0n) is 14.9. The lowest BCUT2D eigenvalue weighted by atomic mass is 10.1. The largest absolute Gasteiger partial charge is 0.492 e. The molecule has 1 amide bonds. The van der Waals surface area contributed by atoms with Gasteiger partial charge < -0.3 is 24.5 Å². The van der Waals surface area contributed by atoms with Crippen LogP contribution < -0.4 is 25.1 Å². The number of carbonyl (C=O) groups excluding carboxylic acids is 1. The average molecular weight is 378 g/mol. The number of H-pyrrole nitrogens is 1. The normalized spacial score (nSPS) is 11.9. The average Bonchev–Trinajstić information content (AvgIpc) is 3.19. The van der Waals surface area contributed by atoms with Gasteiger partial charge in [-0.25, -0.2) is 0 Å². The molecule has 1 aliphatic rings. The monoisotopic (exact) mass is 378 g/mol. The fraction of sp³-hybridized carbons (Fsp3) is 0.143. The molecule has 0 saturated carbocycles. The van der Waals surface area contributed by atoms with Gasteiger partial charge in [0.15, 0.2) is 11.5 Å². The van der Waals surface area contributed by atoms with Crippen LogP contribution in [0.2, 0.25) is 0 Å². The SMILES string of the molecule is O=C(NCCOc1ccc2c(c1)OCO2)c1ccc(-c2ccccc2)[nH]c1=O. The van der Waals surface area contributed by atoms with Crippen molar-refractivity contribution in [2.75, 3.05) is 19.9 Å². The highest BCUT2D eigenvalue weighted by Gasteiger charge is 2.14. The molecule has 28 heavy (non-hydrogen) atoms. The molecule has 0 bridgehead atoms. The lowest BCUT2D eigenvalue weighted by molar-refractivity contribution is 0.0945. The number of pyridine rings is 1. The van der Waals surface area contributed by atoms with Crippen LogP contribution in [0.4, 0.5) is 0 Å². The van der Waals surface area contributed by atoms with E-state index in [1.54, 1.807) is 24.3 Å². The van der Waals surface area contributed by atoms with Gasteiger partial charge in [0.1, 0.15) is 17.9 Å². The molecule has 4 rings (SSSR count). The van der Waals surface area contributed by atoms with Crippen molar-refractivity contribution in [3.8, 4) is 28.5 Å². The number of aromatic nitrogens is 1. The van der Waals surface area contributed by atoms with E-state index in [9.17, 15) is 9.59 Å². The van der Waals surface area contributed by atoms with Crippen LogP contribution >= 0.6 is 0 Å². The number of rotatable bonds is 6. The molecule has 1 aliphatic heterocycles. The summed E-state index contributed by atoms with van der Waals surface area (Å²) in [6.07, 6.45) is 0. The van der Waals surface area contributed by atoms with E-state index < -0.39 is 11.5 Å². The molecular weight excluding hydrogens is 360 g/mol. The molecule has 0 saturated heterocycles. The van der Waals surface area contributed by atoms with Crippen molar-refractivity contribution in [3.05, 3.63) is 76.6 Å². The van der Waals surface area contributed by atoms with Crippen molar-refractivity contribution in [1.82, 2.24) is 10.3 Å². The quantitative estimate of drug-likeness (QED) is 0.644. The Morgan fingerprint density at radius 2 is 1.86 bits per heavy atom. The minimum absolute atomic E-state index is 0.0581. The number of fused-ring (bicyclic) bond motifs is 1. The lowest BCUT2D eigenvalue weighted by Gasteiger charge is -2.08. The van der Waals surface area contributed by atoms with Gasteiger partial charge in [0.25, 0.3) is 11.5 Å². The summed E-state index contributed by atoms with van der Waals surface area (Å²) in [5.74, 6) is 1.48. The van der Waals surface area contributed by atoms with E-state index in [4.69, 9.17) is 14.2 Å². The van der Waals surface area contributed by atoms with Crippen molar-refractivity contribution in [2.45, 2.75) is 0 Å². The van der Waals surface area contributed by atoms with Crippen LogP contribution in [0.3, 0.4) is 0 Å². The van der Waals surface area contributed by atoms with Crippen LogP contribution in [0.1, 0.15) is 10.4 Å². The number of carbonyl (C=O) groups is 1. The van der Waals surface area contributed by atoms with E-state index >= 15 is 0 Å². The second-order valence-corrected chi connectivity index (χ2v) is 6.10. The van der Waals surface area contributed by atoms with Crippen LogP contribution in [0, 0.1) is 0 Å². The number of hydrogen-bond donors (Lipinski definition) is 2. The summed E-state index contributed by atoms with van der Waals surface area (Å²) in [4.78, 5) is 27.2. The molecule has 2 heterocycles. The smallest absolute Gasteiger partial charge is 0.261 e. The summed E-state index contributed by atoms with van der Waals surface area (Å²) in [6, 6.07) is 17.9. The first-order chi connectivity index (χ1) is 13.7. The fourth-order valence-electron chi connectivity index (χ4n) is 2.83. The Morgan fingerprint density at radius 1 is 1.04 bits per heavy atom. The molecule has 0 fully saturated rings. The molecule has 7 heteroatoms. The van der Waals surface area contributed by atoms with E-state index in [1.807, 2.05) is 30.3 Å². The first-order valence-electron chi connectivity index (χ1n) is 8.80. The molecule has 0 spiro atoms. The summed E-state index contributed by atoms with van der Waals surface area (Å²) in [7, 11) is 0. The maximum Gasteiger partial charge on any atom is 0.261 e.